The van der Waals surface area contributed by atoms with Crippen LogP contribution < -0.4 is 16.0 Å². The molecule has 2 atom stereocenters. The number of H-pyrrole nitrogens is 1. The number of aromatic amines is 1. The molecular formula is C35H52N6O3. The van der Waals surface area contributed by atoms with Crippen LogP contribution in [-0.4, -0.2) is 54.8 Å². The maximum absolute atomic E-state index is 12.6. The van der Waals surface area contributed by atoms with Crippen molar-refractivity contribution in [3.05, 3.63) is 65.9 Å². The Morgan fingerprint density at radius 2 is 1.68 bits per heavy atom. The highest BCUT2D eigenvalue weighted by Crippen LogP contribution is 2.26. The van der Waals surface area contributed by atoms with Gasteiger partial charge < -0.3 is 25.8 Å². The predicted octanol–water partition coefficient (Wildman–Crippen LogP) is 6.03. The Morgan fingerprint density at radius 1 is 1.07 bits per heavy atom. The molecule has 1 aliphatic rings. The molecule has 9 heteroatoms. The number of aryl methyl sites for hydroxylation is 1. The Kier molecular flexibility index (Phi) is 17.8. The number of likely N-dealkylation sites (tertiary alicyclic amines) is 1. The predicted molar refractivity (Wildman–Crippen MR) is 180 cm³/mol. The summed E-state index contributed by atoms with van der Waals surface area (Å²) in [7, 11) is 1.56. The largest absolute Gasteiger partial charge is 0.362 e. The zero-order chi connectivity index (χ0) is 33.0. The van der Waals surface area contributed by atoms with E-state index in [9.17, 15) is 14.9 Å². The van der Waals surface area contributed by atoms with Crippen molar-refractivity contribution in [2.24, 2.45) is 11.3 Å². The van der Waals surface area contributed by atoms with E-state index in [2.05, 4.69) is 86.7 Å². The summed E-state index contributed by atoms with van der Waals surface area (Å²) in [6, 6.07) is 19.7. The fourth-order valence-corrected chi connectivity index (χ4v) is 4.55. The minimum atomic E-state index is -0.241. The number of benzene rings is 2. The van der Waals surface area contributed by atoms with Gasteiger partial charge in [-0.1, -0.05) is 77.9 Å². The number of fused-ring (bicyclic) bond motifs is 1. The maximum Gasteiger partial charge on any atom is 0.223 e. The molecular weight excluding hydrogens is 552 g/mol. The minimum absolute atomic E-state index is 0.119. The number of amides is 3. The first-order chi connectivity index (χ1) is 21.0. The highest BCUT2D eigenvalue weighted by molar-refractivity contribution is 5.84. The molecule has 3 amide bonds. The number of rotatable bonds is 10. The minimum Gasteiger partial charge on any atom is -0.362 e. The van der Waals surface area contributed by atoms with E-state index in [4.69, 9.17) is 4.79 Å². The van der Waals surface area contributed by atoms with E-state index in [1.165, 1.54) is 16.6 Å². The molecule has 1 fully saturated rings. The van der Waals surface area contributed by atoms with Crippen molar-refractivity contribution in [1.29, 1.82) is 5.26 Å². The van der Waals surface area contributed by atoms with Gasteiger partial charge in [-0.15, -0.1) is 0 Å². The van der Waals surface area contributed by atoms with Crippen LogP contribution in [0.15, 0.2) is 54.6 Å². The maximum atomic E-state index is 12.6. The average molecular weight is 605 g/mol. The van der Waals surface area contributed by atoms with Crippen molar-refractivity contribution in [3.63, 3.8) is 0 Å². The van der Waals surface area contributed by atoms with Crippen LogP contribution in [0.5, 0.6) is 0 Å². The molecule has 2 heterocycles. The van der Waals surface area contributed by atoms with Gasteiger partial charge >= 0.3 is 0 Å². The van der Waals surface area contributed by atoms with Crippen molar-refractivity contribution in [2.45, 2.75) is 79.8 Å². The normalized spacial score (nSPS) is 15.3. The van der Waals surface area contributed by atoms with E-state index in [-0.39, 0.29) is 11.9 Å². The molecule has 0 bridgehead atoms. The van der Waals surface area contributed by atoms with Gasteiger partial charge in [0.2, 0.25) is 18.7 Å². The molecule has 0 saturated carbocycles. The summed E-state index contributed by atoms with van der Waals surface area (Å²) in [6.45, 7) is 15.4. The molecule has 1 aromatic heterocycles. The summed E-state index contributed by atoms with van der Waals surface area (Å²) in [5.41, 5.74) is 5.00. The van der Waals surface area contributed by atoms with Crippen LogP contribution in [0, 0.1) is 22.7 Å². The topological polar surface area (TPSA) is 130 Å². The molecule has 240 valence electrons. The smallest absolute Gasteiger partial charge is 0.223 e. The Balaban J connectivity index is 0.000000438. The van der Waals surface area contributed by atoms with E-state index >= 15 is 0 Å². The molecule has 2 unspecified atom stereocenters. The lowest BCUT2D eigenvalue weighted by Crippen LogP contribution is -2.34. The van der Waals surface area contributed by atoms with Crippen molar-refractivity contribution in [3.8, 4) is 6.07 Å². The lowest BCUT2D eigenvalue weighted by atomic mass is 10.0. The number of nitrogens with zero attached hydrogens (tertiary/aromatic N) is 2. The number of carbonyl (C=O) groups is 3. The summed E-state index contributed by atoms with van der Waals surface area (Å²) in [4.78, 5) is 36.8. The van der Waals surface area contributed by atoms with Gasteiger partial charge in [0.15, 0.2) is 0 Å². The van der Waals surface area contributed by atoms with Crippen molar-refractivity contribution in [1.82, 2.24) is 20.5 Å². The van der Waals surface area contributed by atoms with Crippen molar-refractivity contribution >= 4 is 35.3 Å². The zero-order valence-corrected chi connectivity index (χ0v) is 27.6. The molecule has 4 rings (SSSR count). The van der Waals surface area contributed by atoms with Gasteiger partial charge in [-0.3, -0.25) is 14.4 Å². The first kappa shape index (κ1) is 37.9. The van der Waals surface area contributed by atoms with E-state index in [1.54, 1.807) is 11.9 Å². The van der Waals surface area contributed by atoms with Crippen LogP contribution in [0.2, 0.25) is 0 Å². The van der Waals surface area contributed by atoms with E-state index in [0.29, 0.717) is 30.6 Å². The fraction of sp³-hybridized carbons (Fsp3) is 0.486. The first-order valence-corrected chi connectivity index (χ1v) is 15.3. The van der Waals surface area contributed by atoms with Gasteiger partial charge in [0.05, 0.1) is 6.07 Å². The second-order valence-electron chi connectivity index (χ2n) is 12.3. The molecule has 1 saturated heterocycles. The Labute approximate surface area is 263 Å². The molecule has 0 radical (unpaired) electrons. The van der Waals surface area contributed by atoms with Gasteiger partial charge in [0, 0.05) is 48.8 Å². The number of aromatic nitrogens is 1. The fourth-order valence-electron chi connectivity index (χ4n) is 4.55. The first-order valence-electron chi connectivity index (χ1n) is 15.3. The summed E-state index contributed by atoms with van der Waals surface area (Å²) >= 11 is 0. The second-order valence-corrected chi connectivity index (χ2v) is 12.3. The Morgan fingerprint density at radius 3 is 2.25 bits per heavy atom. The van der Waals surface area contributed by atoms with E-state index in [1.807, 2.05) is 36.4 Å². The highest BCUT2D eigenvalue weighted by Gasteiger charge is 2.32. The molecule has 2 aromatic carbocycles. The van der Waals surface area contributed by atoms with E-state index < -0.39 is 0 Å². The number of carbonyl (C=O) groups excluding carboxylic acids is 3. The standard InChI is InChI=1S/C21H28N4O.C7H7NO.C5H12.C2H5NO/c1-3-23-13-20-18(17-7-4-5-9-19(17)24-20)8-6-10-21(26)25-14-15(2)11-16(25)12-22;9-6-8-7-4-2-1-3-5-7;1-5(2,3)4;1-3-2-4/h4-5,7,9,15-16,23-24H,3,6,8,10-11,13-14H2,1-2H3;1-6H,(H,8,9);1-4H3;2H,1H3,(H,3,4). The molecule has 4 N–H and O–H groups in total. The van der Waals surface area contributed by atoms with Crippen LogP contribution >= 0.6 is 0 Å². The summed E-state index contributed by atoms with van der Waals surface area (Å²) in [6.07, 6.45) is 4.28. The molecule has 9 nitrogen and oxygen atoms in total. The number of nitrogens with one attached hydrogen (secondary N) is 4. The number of hydrogen-bond acceptors (Lipinski definition) is 5. The highest BCUT2D eigenvalue weighted by atomic mass is 16.2. The monoisotopic (exact) mass is 604 g/mol. The van der Waals surface area contributed by atoms with Gasteiger partial charge in [0.25, 0.3) is 0 Å². The van der Waals surface area contributed by atoms with Crippen LogP contribution in [0.1, 0.15) is 72.1 Å². The lowest BCUT2D eigenvalue weighted by Gasteiger charge is -2.19. The SMILES string of the molecule is CC(C)(C)C.CCNCc1[nH]c2ccccc2c1CCCC(=O)N1CC(C)CC1C#N.CNC=O.O=CNc1ccccc1. The third kappa shape index (κ3) is 14.8. The Bertz CT molecular complexity index is 1290. The van der Waals surface area contributed by atoms with Crippen LogP contribution in [0.25, 0.3) is 10.9 Å². The lowest BCUT2D eigenvalue weighted by molar-refractivity contribution is -0.131. The van der Waals surface area contributed by atoms with Crippen molar-refractivity contribution < 1.29 is 14.4 Å². The average Bonchev–Trinajstić information content (AvgIpc) is 3.56. The number of nitriles is 1. The molecule has 0 spiro atoms. The number of anilines is 1. The molecule has 44 heavy (non-hydrogen) atoms. The van der Waals surface area contributed by atoms with E-state index in [0.717, 1.165) is 50.1 Å². The summed E-state index contributed by atoms with van der Waals surface area (Å²) < 4.78 is 0. The number of para-hydroxylation sites is 2. The number of hydrogen-bond donors (Lipinski definition) is 4. The quantitative estimate of drug-likeness (QED) is 0.210. The van der Waals surface area contributed by atoms with Crippen LogP contribution in [-0.2, 0) is 27.3 Å². The van der Waals surface area contributed by atoms with Crippen LogP contribution in [0.3, 0.4) is 0 Å². The Hall–Kier alpha value is -4.16. The van der Waals surface area contributed by atoms with Gasteiger partial charge in [-0.25, -0.2) is 0 Å². The third-order valence-electron chi connectivity index (χ3n) is 6.37. The zero-order valence-electron chi connectivity index (χ0n) is 27.6. The second kappa shape index (κ2) is 20.7. The summed E-state index contributed by atoms with van der Waals surface area (Å²) in [5.74, 6) is 0.540. The molecule has 1 aliphatic heterocycles. The van der Waals surface area contributed by atoms with Crippen molar-refractivity contribution in [2.75, 3.05) is 25.5 Å². The third-order valence-corrected chi connectivity index (χ3v) is 6.37. The summed E-state index contributed by atoms with van der Waals surface area (Å²) in [5, 5.41) is 18.7. The van der Waals surface area contributed by atoms with Gasteiger partial charge in [-0.05, 0) is 60.9 Å². The molecule has 0 aliphatic carbocycles. The van der Waals surface area contributed by atoms with Crippen LogP contribution in [0.4, 0.5) is 5.69 Å². The van der Waals surface area contributed by atoms with Gasteiger partial charge in [0.1, 0.15) is 6.04 Å². The molecule has 3 aromatic rings. The van der Waals surface area contributed by atoms with Gasteiger partial charge in [-0.2, -0.15) is 5.26 Å².